The van der Waals surface area contributed by atoms with E-state index in [2.05, 4.69) is 87.2 Å². The molecule has 2 N–H and O–H groups in total. The summed E-state index contributed by atoms with van der Waals surface area (Å²) in [6.07, 6.45) is -0.107. The number of aliphatic hydroxyl groups excluding tert-OH is 2. The molecule has 178 valence electrons. The van der Waals surface area contributed by atoms with Gasteiger partial charge in [0, 0.05) is 6.54 Å². The van der Waals surface area contributed by atoms with Gasteiger partial charge in [0.15, 0.2) is 0 Å². The number of likely N-dealkylation sites (tertiary alicyclic amines) is 1. The predicted molar refractivity (Wildman–Crippen MR) is 135 cm³/mol. The van der Waals surface area contributed by atoms with Gasteiger partial charge in [-0.05, 0) is 28.4 Å². The van der Waals surface area contributed by atoms with Crippen LogP contribution >= 0.6 is 0 Å². The smallest absolute Gasteiger partial charge is 0.261 e. The van der Waals surface area contributed by atoms with E-state index in [4.69, 9.17) is 4.43 Å². The van der Waals surface area contributed by atoms with Gasteiger partial charge in [-0.15, -0.1) is 0 Å². The summed E-state index contributed by atoms with van der Waals surface area (Å²) < 4.78 is 7.05. The molecule has 0 amide bonds. The van der Waals surface area contributed by atoms with Crippen molar-refractivity contribution in [3.8, 4) is 6.07 Å². The summed E-state index contributed by atoms with van der Waals surface area (Å²) in [5, 5.41) is 33.4. The Kier molecular flexibility index (Phi) is 8.49. The second-order valence-corrected chi connectivity index (χ2v) is 14.4. The van der Waals surface area contributed by atoms with Crippen LogP contribution in [-0.4, -0.2) is 61.4 Å². The SMILES string of the molecule is CCCCN1C[C@H](C#N)[C@@H](O)[C@H](O)C1CO[Si](c1ccccc1)(c1ccccc1)C(C)(C)C. The Balaban J connectivity index is 2.02. The summed E-state index contributed by atoms with van der Waals surface area (Å²) in [7, 11) is -2.76. The van der Waals surface area contributed by atoms with E-state index in [0.717, 1.165) is 19.4 Å². The number of rotatable bonds is 8. The molecule has 1 unspecified atom stereocenters. The lowest BCUT2D eigenvalue weighted by atomic mass is 9.88. The van der Waals surface area contributed by atoms with Crippen LogP contribution in [-0.2, 0) is 4.43 Å². The molecular weight excluding hydrogens is 428 g/mol. The molecule has 1 heterocycles. The summed E-state index contributed by atoms with van der Waals surface area (Å²) >= 11 is 0. The van der Waals surface area contributed by atoms with E-state index in [1.807, 2.05) is 12.1 Å². The maximum absolute atomic E-state index is 11.0. The molecule has 0 spiro atoms. The third-order valence-electron chi connectivity index (χ3n) is 6.91. The van der Waals surface area contributed by atoms with Crippen molar-refractivity contribution in [3.05, 3.63) is 60.7 Å². The fourth-order valence-electron chi connectivity index (χ4n) is 5.09. The van der Waals surface area contributed by atoms with Crippen molar-refractivity contribution in [3.63, 3.8) is 0 Å². The monoisotopic (exact) mass is 466 g/mol. The molecule has 2 aromatic carbocycles. The molecule has 0 saturated carbocycles. The highest BCUT2D eigenvalue weighted by Gasteiger charge is 2.51. The maximum Gasteiger partial charge on any atom is 0.261 e. The van der Waals surface area contributed by atoms with Crippen molar-refractivity contribution in [2.75, 3.05) is 19.7 Å². The second-order valence-electron chi connectivity index (χ2n) is 10.1. The Bertz CT molecular complexity index is 871. The van der Waals surface area contributed by atoms with Gasteiger partial charge in [0.1, 0.15) is 0 Å². The van der Waals surface area contributed by atoms with Crippen LogP contribution in [0.5, 0.6) is 0 Å². The molecule has 4 atom stereocenters. The van der Waals surface area contributed by atoms with Gasteiger partial charge < -0.3 is 14.6 Å². The lowest BCUT2D eigenvalue weighted by Gasteiger charge is -2.47. The topological polar surface area (TPSA) is 76.7 Å². The van der Waals surface area contributed by atoms with Gasteiger partial charge in [-0.1, -0.05) is 94.8 Å². The Morgan fingerprint density at radius 1 is 1.00 bits per heavy atom. The molecule has 33 heavy (non-hydrogen) atoms. The minimum Gasteiger partial charge on any atom is -0.406 e. The lowest BCUT2D eigenvalue weighted by molar-refractivity contribution is -0.105. The van der Waals surface area contributed by atoms with Gasteiger partial charge in [-0.2, -0.15) is 5.26 Å². The largest absolute Gasteiger partial charge is 0.406 e. The van der Waals surface area contributed by atoms with Crippen molar-refractivity contribution >= 4 is 18.7 Å². The zero-order valence-electron chi connectivity index (χ0n) is 20.3. The first-order valence-electron chi connectivity index (χ1n) is 12.0. The first kappa shape index (κ1) is 25.6. The molecule has 1 fully saturated rings. The molecule has 0 aromatic heterocycles. The van der Waals surface area contributed by atoms with E-state index in [-0.39, 0.29) is 11.1 Å². The average molecular weight is 467 g/mol. The van der Waals surface area contributed by atoms with Crippen molar-refractivity contribution < 1.29 is 14.6 Å². The molecule has 2 aromatic rings. The highest BCUT2D eigenvalue weighted by atomic mass is 28.4. The molecule has 3 rings (SSSR count). The number of aliphatic hydroxyl groups is 2. The van der Waals surface area contributed by atoms with Crippen molar-refractivity contribution in [1.82, 2.24) is 4.90 Å². The van der Waals surface area contributed by atoms with Gasteiger partial charge in [0.05, 0.1) is 36.8 Å². The van der Waals surface area contributed by atoms with Gasteiger partial charge in [-0.25, -0.2) is 0 Å². The minimum absolute atomic E-state index is 0.169. The summed E-state index contributed by atoms with van der Waals surface area (Å²) in [6.45, 7) is 10.3. The quantitative estimate of drug-likeness (QED) is 0.585. The van der Waals surface area contributed by atoms with Gasteiger partial charge in [0.2, 0.25) is 0 Å². The number of hydrogen-bond acceptors (Lipinski definition) is 5. The molecular formula is C27H38N2O3Si. The van der Waals surface area contributed by atoms with Gasteiger partial charge in [-0.3, -0.25) is 4.90 Å². The van der Waals surface area contributed by atoms with Crippen molar-refractivity contribution in [2.45, 2.75) is 63.8 Å². The minimum atomic E-state index is -2.76. The zero-order chi connectivity index (χ0) is 24.1. The standard InChI is InChI=1S/C27H38N2O3Si/c1-5-6-17-29-19-21(18-28)25(30)26(31)24(29)20-32-33(27(2,3)4,22-13-9-7-10-14-22)23-15-11-8-12-16-23/h7-16,21,24-26,30-31H,5-6,17,19-20H2,1-4H3/t21-,24?,25+,26+/m0/s1. The number of benzene rings is 2. The number of piperidine rings is 1. The fourth-order valence-corrected chi connectivity index (χ4v) is 9.67. The van der Waals surface area contributed by atoms with Crippen LogP contribution in [0.25, 0.3) is 0 Å². The Hall–Kier alpha value is -2.01. The van der Waals surface area contributed by atoms with Gasteiger partial charge in [0.25, 0.3) is 8.32 Å². The third-order valence-corrected chi connectivity index (χ3v) is 11.9. The number of nitriles is 1. The van der Waals surface area contributed by atoms with E-state index < -0.39 is 26.4 Å². The van der Waals surface area contributed by atoms with Crippen LogP contribution in [0.3, 0.4) is 0 Å². The molecule has 6 heteroatoms. The Morgan fingerprint density at radius 3 is 2.00 bits per heavy atom. The number of hydrogen-bond donors (Lipinski definition) is 2. The molecule has 1 aliphatic heterocycles. The van der Waals surface area contributed by atoms with Crippen LogP contribution in [0, 0.1) is 17.2 Å². The van der Waals surface area contributed by atoms with Crippen LogP contribution in [0.2, 0.25) is 5.04 Å². The first-order valence-corrected chi connectivity index (χ1v) is 13.9. The highest BCUT2D eigenvalue weighted by Crippen LogP contribution is 2.37. The molecule has 0 radical (unpaired) electrons. The molecule has 0 aliphatic carbocycles. The molecule has 5 nitrogen and oxygen atoms in total. The average Bonchev–Trinajstić information content (AvgIpc) is 2.81. The summed E-state index contributed by atoms with van der Waals surface area (Å²) in [5.41, 5.74) is 0. The molecule has 0 bridgehead atoms. The number of unbranched alkanes of at least 4 members (excludes halogenated alkanes) is 1. The van der Waals surface area contributed by atoms with Gasteiger partial charge >= 0.3 is 0 Å². The Labute approximate surface area is 199 Å². The maximum atomic E-state index is 11.0. The van der Waals surface area contributed by atoms with Crippen LogP contribution in [0.15, 0.2) is 60.7 Å². The van der Waals surface area contributed by atoms with Crippen LogP contribution < -0.4 is 10.4 Å². The zero-order valence-corrected chi connectivity index (χ0v) is 21.3. The van der Waals surface area contributed by atoms with E-state index in [9.17, 15) is 15.5 Å². The predicted octanol–water partition coefficient (Wildman–Crippen LogP) is 2.91. The lowest BCUT2D eigenvalue weighted by Crippen LogP contribution is -2.69. The van der Waals surface area contributed by atoms with Crippen molar-refractivity contribution in [1.29, 1.82) is 5.26 Å². The summed E-state index contributed by atoms with van der Waals surface area (Å²) in [4.78, 5) is 2.15. The highest BCUT2D eigenvalue weighted by molar-refractivity contribution is 6.99. The summed E-state index contributed by atoms with van der Waals surface area (Å²) in [6, 6.07) is 22.7. The third kappa shape index (κ3) is 5.23. The normalized spacial score (nSPS) is 24.4. The molecule has 1 aliphatic rings. The van der Waals surface area contributed by atoms with Crippen LogP contribution in [0.1, 0.15) is 40.5 Å². The van der Waals surface area contributed by atoms with Crippen molar-refractivity contribution in [2.24, 2.45) is 5.92 Å². The van der Waals surface area contributed by atoms with E-state index in [1.54, 1.807) is 0 Å². The number of nitrogens with zero attached hydrogens (tertiary/aromatic N) is 2. The summed E-state index contributed by atoms with van der Waals surface area (Å²) in [5.74, 6) is -0.596. The second kappa shape index (κ2) is 10.9. The molecule has 1 saturated heterocycles. The Morgan fingerprint density at radius 2 is 1.55 bits per heavy atom. The first-order chi connectivity index (χ1) is 15.8. The van der Waals surface area contributed by atoms with E-state index in [1.165, 1.54) is 10.4 Å². The van der Waals surface area contributed by atoms with E-state index >= 15 is 0 Å². The van der Waals surface area contributed by atoms with E-state index in [0.29, 0.717) is 13.2 Å². The van der Waals surface area contributed by atoms with Crippen LogP contribution in [0.4, 0.5) is 0 Å². The fraction of sp³-hybridized carbons (Fsp3) is 0.519.